The Hall–Kier alpha value is -1.58. The van der Waals surface area contributed by atoms with Gasteiger partial charge in [-0.3, -0.25) is 0 Å². The van der Waals surface area contributed by atoms with Crippen molar-refractivity contribution >= 4 is 11.7 Å². The van der Waals surface area contributed by atoms with E-state index in [2.05, 4.69) is 5.32 Å². The Labute approximate surface area is 80.9 Å². The van der Waals surface area contributed by atoms with Crippen LogP contribution in [0.1, 0.15) is 6.42 Å². The van der Waals surface area contributed by atoms with Crippen molar-refractivity contribution in [3.8, 4) is 0 Å². The minimum absolute atomic E-state index is 0.269. The third-order valence-electron chi connectivity index (χ3n) is 2.10. The van der Waals surface area contributed by atoms with Crippen molar-refractivity contribution in [2.75, 3.05) is 11.9 Å². The fourth-order valence-electron chi connectivity index (χ4n) is 1.41. The van der Waals surface area contributed by atoms with Crippen LogP contribution in [0.25, 0.3) is 0 Å². The molecule has 2 rings (SSSR count). The zero-order valence-electron chi connectivity index (χ0n) is 7.50. The molecule has 1 aromatic rings. The van der Waals surface area contributed by atoms with Gasteiger partial charge >= 0.3 is 5.97 Å². The van der Waals surface area contributed by atoms with Crippen LogP contribution in [0.15, 0.2) is 24.3 Å². The van der Waals surface area contributed by atoms with Gasteiger partial charge in [-0.05, 0) is 18.2 Å². The van der Waals surface area contributed by atoms with E-state index in [0.717, 1.165) is 0 Å². The number of nitrogens with one attached hydrogen (secondary N) is 1. The van der Waals surface area contributed by atoms with Crippen LogP contribution in [0.5, 0.6) is 0 Å². The molecule has 1 saturated heterocycles. The number of benzene rings is 1. The fraction of sp³-hybridized carbons (Fsp3) is 0.300. The van der Waals surface area contributed by atoms with Crippen molar-refractivity contribution < 1.29 is 13.9 Å². The molecule has 1 fully saturated rings. The fourth-order valence-corrected chi connectivity index (χ4v) is 1.41. The first kappa shape index (κ1) is 8.99. The van der Waals surface area contributed by atoms with Crippen LogP contribution in [0.2, 0.25) is 0 Å². The second-order valence-corrected chi connectivity index (χ2v) is 3.16. The molecule has 1 aromatic carbocycles. The van der Waals surface area contributed by atoms with Gasteiger partial charge in [0.1, 0.15) is 11.9 Å². The maximum Gasteiger partial charge on any atom is 0.328 e. The molecule has 1 heterocycles. The Morgan fingerprint density at radius 2 is 2.36 bits per heavy atom. The molecule has 0 saturated carbocycles. The molecule has 1 aliphatic heterocycles. The van der Waals surface area contributed by atoms with Gasteiger partial charge in [0.05, 0.1) is 6.61 Å². The molecule has 0 spiro atoms. The van der Waals surface area contributed by atoms with Crippen molar-refractivity contribution in [1.29, 1.82) is 0 Å². The number of hydrogen-bond donors (Lipinski definition) is 1. The van der Waals surface area contributed by atoms with Crippen LogP contribution in [0, 0.1) is 5.82 Å². The van der Waals surface area contributed by atoms with Crippen molar-refractivity contribution in [2.24, 2.45) is 0 Å². The maximum atomic E-state index is 12.8. The van der Waals surface area contributed by atoms with E-state index in [4.69, 9.17) is 4.74 Å². The molecular weight excluding hydrogens is 185 g/mol. The Bertz CT molecular complexity index is 354. The van der Waals surface area contributed by atoms with Crippen molar-refractivity contribution in [3.05, 3.63) is 30.1 Å². The topological polar surface area (TPSA) is 38.3 Å². The molecular formula is C10H10FNO2. The van der Waals surface area contributed by atoms with Crippen molar-refractivity contribution in [3.63, 3.8) is 0 Å². The van der Waals surface area contributed by atoms with Gasteiger partial charge in [0.15, 0.2) is 0 Å². The highest BCUT2D eigenvalue weighted by molar-refractivity contribution is 5.80. The lowest BCUT2D eigenvalue weighted by molar-refractivity contribution is -0.138. The van der Waals surface area contributed by atoms with Crippen molar-refractivity contribution in [2.45, 2.75) is 12.5 Å². The summed E-state index contributed by atoms with van der Waals surface area (Å²) in [5.41, 5.74) is 0.605. The lowest BCUT2D eigenvalue weighted by Gasteiger charge is -2.09. The third-order valence-corrected chi connectivity index (χ3v) is 2.10. The monoisotopic (exact) mass is 195 g/mol. The smallest absolute Gasteiger partial charge is 0.328 e. The molecule has 1 atom stereocenters. The van der Waals surface area contributed by atoms with Crippen LogP contribution >= 0.6 is 0 Å². The van der Waals surface area contributed by atoms with E-state index in [1.807, 2.05) is 0 Å². The first-order valence-electron chi connectivity index (χ1n) is 4.44. The van der Waals surface area contributed by atoms with Gasteiger partial charge in [0, 0.05) is 12.1 Å². The summed E-state index contributed by atoms with van der Waals surface area (Å²) in [4.78, 5) is 11.1. The lowest BCUT2D eigenvalue weighted by Crippen LogP contribution is -2.24. The maximum absolute atomic E-state index is 12.8. The summed E-state index contributed by atoms with van der Waals surface area (Å²) < 4.78 is 17.6. The second-order valence-electron chi connectivity index (χ2n) is 3.16. The summed E-state index contributed by atoms with van der Waals surface area (Å²) in [5.74, 6) is -0.587. The van der Waals surface area contributed by atoms with Crippen LogP contribution in [0.4, 0.5) is 10.1 Å². The number of halogens is 1. The average Bonchev–Trinajstić information content (AvgIpc) is 2.52. The Kier molecular flexibility index (Phi) is 2.35. The Morgan fingerprint density at radius 1 is 1.50 bits per heavy atom. The zero-order valence-corrected chi connectivity index (χ0v) is 7.50. The number of ether oxygens (including phenoxy) is 1. The molecule has 1 unspecified atom stereocenters. The summed E-state index contributed by atoms with van der Waals surface area (Å²) in [5, 5.41) is 2.92. The highest BCUT2D eigenvalue weighted by Crippen LogP contribution is 2.15. The number of hydrogen-bond acceptors (Lipinski definition) is 3. The summed E-state index contributed by atoms with van der Waals surface area (Å²) in [6.07, 6.45) is 0.634. The molecule has 0 radical (unpaired) electrons. The van der Waals surface area contributed by atoms with E-state index in [1.54, 1.807) is 12.1 Å². The van der Waals surface area contributed by atoms with E-state index in [9.17, 15) is 9.18 Å². The van der Waals surface area contributed by atoms with E-state index in [0.29, 0.717) is 18.7 Å². The molecule has 1 aliphatic rings. The Morgan fingerprint density at radius 3 is 3.00 bits per heavy atom. The van der Waals surface area contributed by atoms with E-state index >= 15 is 0 Å². The summed E-state index contributed by atoms with van der Waals surface area (Å²) in [6, 6.07) is 5.69. The van der Waals surface area contributed by atoms with Gasteiger partial charge in [0.2, 0.25) is 0 Å². The number of cyclic esters (lactones) is 1. The summed E-state index contributed by atoms with van der Waals surface area (Å²) in [7, 11) is 0. The van der Waals surface area contributed by atoms with Gasteiger partial charge in [0.25, 0.3) is 0 Å². The summed E-state index contributed by atoms with van der Waals surface area (Å²) in [6.45, 7) is 0.436. The molecule has 74 valence electrons. The van der Waals surface area contributed by atoms with Gasteiger partial charge in [-0.25, -0.2) is 9.18 Å². The number of anilines is 1. The van der Waals surface area contributed by atoms with E-state index < -0.39 is 0 Å². The van der Waals surface area contributed by atoms with E-state index in [-0.39, 0.29) is 17.8 Å². The number of carbonyl (C=O) groups is 1. The average molecular weight is 195 g/mol. The SMILES string of the molecule is O=C1OCCC1Nc1cccc(F)c1. The standard InChI is InChI=1S/C10H10FNO2/c11-7-2-1-3-8(6-7)12-9-4-5-14-10(9)13/h1-3,6,9,12H,4-5H2. The first-order valence-corrected chi connectivity index (χ1v) is 4.44. The normalized spacial score (nSPS) is 20.6. The molecule has 3 nitrogen and oxygen atoms in total. The van der Waals surface area contributed by atoms with Gasteiger partial charge in [-0.1, -0.05) is 6.07 Å². The van der Waals surface area contributed by atoms with E-state index in [1.165, 1.54) is 12.1 Å². The zero-order chi connectivity index (χ0) is 9.97. The predicted octanol–water partition coefficient (Wildman–Crippen LogP) is 1.55. The quantitative estimate of drug-likeness (QED) is 0.727. The highest BCUT2D eigenvalue weighted by atomic mass is 19.1. The first-order chi connectivity index (χ1) is 6.75. The number of carbonyl (C=O) groups excluding carboxylic acids is 1. The summed E-state index contributed by atoms with van der Waals surface area (Å²) >= 11 is 0. The second kappa shape index (κ2) is 3.65. The minimum Gasteiger partial charge on any atom is -0.464 e. The minimum atomic E-state index is -0.336. The van der Waals surface area contributed by atoms with Crippen LogP contribution in [-0.4, -0.2) is 18.6 Å². The molecule has 0 aliphatic carbocycles. The molecule has 0 aromatic heterocycles. The number of esters is 1. The molecule has 0 bridgehead atoms. The van der Waals surface area contributed by atoms with Gasteiger partial charge in [-0.2, -0.15) is 0 Å². The van der Waals surface area contributed by atoms with Gasteiger partial charge < -0.3 is 10.1 Å². The third kappa shape index (κ3) is 1.84. The number of rotatable bonds is 2. The van der Waals surface area contributed by atoms with Gasteiger partial charge in [-0.15, -0.1) is 0 Å². The Balaban J connectivity index is 2.07. The highest BCUT2D eigenvalue weighted by Gasteiger charge is 2.25. The van der Waals surface area contributed by atoms with Crippen molar-refractivity contribution in [1.82, 2.24) is 0 Å². The predicted molar refractivity (Wildman–Crippen MR) is 49.4 cm³/mol. The lowest BCUT2D eigenvalue weighted by atomic mass is 10.2. The molecule has 4 heteroatoms. The molecule has 1 N–H and O–H groups in total. The van der Waals surface area contributed by atoms with Crippen LogP contribution in [-0.2, 0) is 9.53 Å². The molecule has 0 amide bonds. The van der Waals surface area contributed by atoms with Crippen LogP contribution < -0.4 is 5.32 Å². The molecule has 14 heavy (non-hydrogen) atoms. The largest absolute Gasteiger partial charge is 0.464 e. The van der Waals surface area contributed by atoms with Crippen LogP contribution in [0.3, 0.4) is 0 Å².